The number of aromatic nitrogens is 2. The highest BCUT2D eigenvalue weighted by Crippen LogP contribution is 2.29. The predicted molar refractivity (Wildman–Crippen MR) is 76.3 cm³/mol. The van der Waals surface area contributed by atoms with Gasteiger partial charge in [-0.25, -0.2) is 8.42 Å². The van der Waals surface area contributed by atoms with Gasteiger partial charge in [0.05, 0.1) is 11.5 Å². The van der Waals surface area contributed by atoms with Crippen molar-refractivity contribution in [2.45, 2.75) is 43.2 Å². The van der Waals surface area contributed by atoms with Crippen LogP contribution in [-0.2, 0) is 20.6 Å². The number of nitrogens with one attached hydrogen (secondary N) is 1. The summed E-state index contributed by atoms with van der Waals surface area (Å²) in [4.78, 5) is 0. The van der Waals surface area contributed by atoms with E-state index in [4.69, 9.17) is 16.3 Å². The highest BCUT2D eigenvalue weighted by Gasteiger charge is 2.39. The number of nitrogens with zero attached hydrogens (tertiary/aromatic N) is 2. The van der Waals surface area contributed by atoms with Crippen LogP contribution in [0.5, 0.6) is 0 Å². The maximum absolute atomic E-state index is 12.7. The van der Waals surface area contributed by atoms with E-state index < -0.39 is 15.6 Å². The lowest BCUT2D eigenvalue weighted by Gasteiger charge is -2.38. The van der Waals surface area contributed by atoms with Gasteiger partial charge in [0.15, 0.2) is 5.03 Å². The molecule has 1 unspecified atom stereocenters. The Morgan fingerprint density at radius 3 is 2.85 bits per heavy atom. The van der Waals surface area contributed by atoms with Gasteiger partial charge in [0, 0.05) is 31.5 Å². The third-order valence-electron chi connectivity index (χ3n) is 3.87. The summed E-state index contributed by atoms with van der Waals surface area (Å²) in [7, 11) is -2.03. The van der Waals surface area contributed by atoms with Crippen molar-refractivity contribution >= 4 is 21.6 Å². The lowest BCUT2D eigenvalue weighted by molar-refractivity contribution is -0.0319. The first-order valence-corrected chi connectivity index (χ1v) is 8.46. The fourth-order valence-corrected chi connectivity index (χ4v) is 4.62. The number of halogens is 1. The van der Waals surface area contributed by atoms with Gasteiger partial charge in [-0.3, -0.25) is 5.10 Å². The normalized spacial score (nSPS) is 25.0. The molecule has 2 heterocycles. The van der Waals surface area contributed by atoms with E-state index in [-0.39, 0.29) is 10.9 Å². The Balaban J connectivity index is 2.35. The molecule has 0 aliphatic carbocycles. The number of methoxy groups -OCH3 is 1. The molecule has 0 bridgehead atoms. The molecule has 1 fully saturated rings. The zero-order chi connectivity index (χ0) is 15.0. The molecule has 0 amide bonds. The molecule has 1 saturated heterocycles. The number of alkyl halides is 1. The van der Waals surface area contributed by atoms with Crippen LogP contribution in [0.25, 0.3) is 0 Å². The fraction of sp³-hybridized carbons (Fsp3) is 0.750. The van der Waals surface area contributed by atoms with Crippen molar-refractivity contribution < 1.29 is 13.2 Å². The topological polar surface area (TPSA) is 75.3 Å². The van der Waals surface area contributed by atoms with Gasteiger partial charge in [0.1, 0.15) is 0 Å². The molecule has 2 rings (SSSR count). The van der Waals surface area contributed by atoms with Crippen molar-refractivity contribution in [2.24, 2.45) is 0 Å². The van der Waals surface area contributed by atoms with Crippen LogP contribution in [0.1, 0.15) is 31.0 Å². The van der Waals surface area contributed by atoms with Crippen LogP contribution in [0, 0.1) is 6.92 Å². The maximum atomic E-state index is 12.7. The Morgan fingerprint density at radius 1 is 1.55 bits per heavy atom. The van der Waals surface area contributed by atoms with E-state index in [0.29, 0.717) is 24.3 Å². The first-order valence-electron chi connectivity index (χ1n) is 6.49. The molecule has 1 aliphatic rings. The molecule has 1 aromatic rings. The van der Waals surface area contributed by atoms with E-state index in [2.05, 4.69) is 10.2 Å². The van der Waals surface area contributed by atoms with Crippen molar-refractivity contribution in [2.75, 3.05) is 20.2 Å². The molecule has 0 saturated carbocycles. The number of aromatic amines is 1. The number of H-pyrrole nitrogens is 1. The molecule has 6 nitrogen and oxygen atoms in total. The number of ether oxygens (including phenoxy) is 1. The van der Waals surface area contributed by atoms with E-state index >= 15 is 0 Å². The summed E-state index contributed by atoms with van der Waals surface area (Å²) < 4.78 is 32.3. The maximum Gasteiger partial charge on any atom is 0.262 e. The number of piperidine rings is 1. The Morgan fingerprint density at radius 2 is 2.25 bits per heavy atom. The molecular formula is C12H20ClN3O3S. The van der Waals surface area contributed by atoms with Crippen LogP contribution in [0.2, 0.25) is 0 Å². The second-order valence-corrected chi connectivity index (χ2v) is 7.48. The largest absolute Gasteiger partial charge is 0.377 e. The summed E-state index contributed by atoms with van der Waals surface area (Å²) in [5, 5.41) is 6.66. The van der Waals surface area contributed by atoms with Crippen LogP contribution < -0.4 is 0 Å². The van der Waals surface area contributed by atoms with Crippen LogP contribution in [-0.4, -0.2) is 48.7 Å². The molecule has 0 aromatic carbocycles. The van der Waals surface area contributed by atoms with Crippen molar-refractivity contribution in [1.29, 1.82) is 0 Å². The zero-order valence-corrected chi connectivity index (χ0v) is 13.5. The van der Waals surface area contributed by atoms with E-state index in [9.17, 15) is 8.42 Å². The Bertz CT molecular complexity index is 587. The standard InChI is InChI=1S/C12H20ClN3O3S/c1-9-10(7-13)11(15-14-9)20(17,18)16-6-4-5-12(2,8-16)19-3/h4-8H2,1-3H3,(H,14,15). The first-order chi connectivity index (χ1) is 9.34. The van der Waals surface area contributed by atoms with Crippen molar-refractivity contribution in [3.05, 3.63) is 11.3 Å². The second kappa shape index (κ2) is 5.63. The number of aryl methyl sites for hydroxylation is 1. The molecule has 0 spiro atoms. The monoisotopic (exact) mass is 321 g/mol. The average molecular weight is 322 g/mol. The lowest BCUT2D eigenvalue weighted by atomic mass is 9.96. The summed E-state index contributed by atoms with van der Waals surface area (Å²) in [6.07, 6.45) is 1.61. The minimum Gasteiger partial charge on any atom is -0.377 e. The van der Waals surface area contributed by atoms with Gasteiger partial charge in [-0.1, -0.05) is 0 Å². The molecule has 1 N–H and O–H groups in total. The van der Waals surface area contributed by atoms with Crippen LogP contribution in [0.15, 0.2) is 5.03 Å². The summed E-state index contributed by atoms with van der Waals surface area (Å²) in [5.74, 6) is 0.117. The van der Waals surface area contributed by atoms with Gasteiger partial charge < -0.3 is 4.74 Å². The van der Waals surface area contributed by atoms with Crippen molar-refractivity contribution in [3.8, 4) is 0 Å². The van der Waals surface area contributed by atoms with Gasteiger partial charge in [-0.2, -0.15) is 9.40 Å². The van der Waals surface area contributed by atoms with Gasteiger partial charge in [0.2, 0.25) is 0 Å². The number of hydrogen-bond acceptors (Lipinski definition) is 4. The smallest absolute Gasteiger partial charge is 0.262 e. The molecule has 1 aliphatic heterocycles. The molecule has 1 aromatic heterocycles. The second-order valence-electron chi connectivity index (χ2n) is 5.36. The van der Waals surface area contributed by atoms with Crippen LogP contribution in [0.4, 0.5) is 0 Å². The molecule has 8 heteroatoms. The van der Waals surface area contributed by atoms with Crippen LogP contribution >= 0.6 is 11.6 Å². The van der Waals surface area contributed by atoms with E-state index in [1.807, 2.05) is 6.92 Å². The molecule has 20 heavy (non-hydrogen) atoms. The number of sulfonamides is 1. The Labute approximate surface area is 124 Å². The van der Waals surface area contributed by atoms with Crippen molar-refractivity contribution in [1.82, 2.24) is 14.5 Å². The fourth-order valence-electron chi connectivity index (χ4n) is 2.46. The molecular weight excluding hydrogens is 302 g/mol. The Kier molecular flexibility index (Phi) is 4.44. The van der Waals surface area contributed by atoms with Crippen LogP contribution in [0.3, 0.4) is 0 Å². The zero-order valence-electron chi connectivity index (χ0n) is 11.9. The Hall–Kier alpha value is -0.630. The summed E-state index contributed by atoms with van der Waals surface area (Å²) in [6, 6.07) is 0. The average Bonchev–Trinajstić information content (AvgIpc) is 2.80. The van der Waals surface area contributed by atoms with E-state index in [1.54, 1.807) is 14.0 Å². The quantitative estimate of drug-likeness (QED) is 0.856. The summed E-state index contributed by atoms with van der Waals surface area (Å²) in [5.41, 5.74) is 0.777. The molecule has 0 radical (unpaired) electrons. The van der Waals surface area contributed by atoms with E-state index in [1.165, 1.54) is 4.31 Å². The van der Waals surface area contributed by atoms with Gasteiger partial charge >= 0.3 is 0 Å². The first kappa shape index (κ1) is 15.8. The minimum atomic E-state index is -3.64. The minimum absolute atomic E-state index is 0.0327. The third kappa shape index (κ3) is 2.72. The summed E-state index contributed by atoms with van der Waals surface area (Å²) in [6.45, 7) is 4.50. The predicted octanol–water partition coefficient (Wildman–Crippen LogP) is 1.65. The van der Waals surface area contributed by atoms with Crippen molar-refractivity contribution in [3.63, 3.8) is 0 Å². The summed E-state index contributed by atoms with van der Waals surface area (Å²) >= 11 is 5.84. The van der Waals surface area contributed by atoms with Gasteiger partial charge in [-0.05, 0) is 26.7 Å². The lowest BCUT2D eigenvalue weighted by Crippen LogP contribution is -2.49. The van der Waals surface area contributed by atoms with E-state index in [0.717, 1.165) is 12.8 Å². The van der Waals surface area contributed by atoms with Gasteiger partial charge in [-0.15, -0.1) is 11.6 Å². The number of rotatable bonds is 4. The highest BCUT2D eigenvalue weighted by molar-refractivity contribution is 7.89. The highest BCUT2D eigenvalue weighted by atomic mass is 35.5. The third-order valence-corrected chi connectivity index (χ3v) is 5.96. The molecule has 114 valence electrons. The molecule has 1 atom stereocenters. The number of hydrogen-bond donors (Lipinski definition) is 1. The SMILES string of the molecule is COC1(C)CCCN(S(=O)(=O)c2n[nH]c(C)c2CCl)C1. The van der Waals surface area contributed by atoms with Gasteiger partial charge in [0.25, 0.3) is 10.0 Å².